The Balaban J connectivity index is 2.37. The fourth-order valence-electron chi connectivity index (χ4n) is 2.45. The Hall–Kier alpha value is -1.22. The second kappa shape index (κ2) is 4.96. The first-order valence-electron chi connectivity index (χ1n) is 5.97. The van der Waals surface area contributed by atoms with Crippen LogP contribution in [-0.2, 0) is 0 Å². The predicted octanol–water partition coefficient (Wildman–Crippen LogP) is 2.86. The topological polar surface area (TPSA) is 53.1 Å². The highest BCUT2D eigenvalue weighted by Gasteiger charge is 2.20. The van der Waals surface area contributed by atoms with E-state index in [-0.39, 0.29) is 5.84 Å². The van der Waals surface area contributed by atoms with Crippen LogP contribution in [0.2, 0.25) is 5.02 Å². The molecule has 0 bridgehead atoms. The zero-order valence-electron chi connectivity index (χ0n) is 10.0. The lowest BCUT2D eigenvalue weighted by atomic mass is 9.98. The molecule has 1 aromatic rings. The highest BCUT2D eigenvalue weighted by molar-refractivity contribution is 6.34. The highest BCUT2D eigenvalue weighted by atomic mass is 35.5. The zero-order chi connectivity index (χ0) is 12.4. The van der Waals surface area contributed by atoms with Crippen LogP contribution in [0.15, 0.2) is 18.2 Å². The van der Waals surface area contributed by atoms with E-state index in [0.717, 1.165) is 18.8 Å². The van der Waals surface area contributed by atoms with Crippen molar-refractivity contribution in [2.75, 3.05) is 18.0 Å². The van der Waals surface area contributed by atoms with Gasteiger partial charge in [0.05, 0.1) is 10.6 Å². The van der Waals surface area contributed by atoms with Crippen LogP contribution in [0.25, 0.3) is 0 Å². The van der Waals surface area contributed by atoms with Crippen molar-refractivity contribution >= 4 is 23.1 Å². The molecule has 0 aromatic heterocycles. The molecule has 0 radical (unpaired) electrons. The zero-order valence-corrected chi connectivity index (χ0v) is 10.8. The lowest BCUT2D eigenvalue weighted by molar-refractivity contribution is 0.447. The van der Waals surface area contributed by atoms with Crippen LogP contribution in [0.3, 0.4) is 0 Å². The van der Waals surface area contributed by atoms with Gasteiger partial charge in [0.25, 0.3) is 0 Å². The maximum absolute atomic E-state index is 7.65. The summed E-state index contributed by atoms with van der Waals surface area (Å²) in [4.78, 5) is 2.29. The number of halogens is 1. The van der Waals surface area contributed by atoms with Gasteiger partial charge in [0.15, 0.2) is 0 Å². The standard InChI is InChI=1S/C13H18ClN3/c1-9-4-3-7-17(8-9)11-6-2-5-10(14)12(11)13(15)16/h2,5-6,9H,3-4,7-8H2,1H3,(H3,15,16). The number of amidine groups is 1. The second-order valence-corrected chi connectivity index (χ2v) is 5.15. The molecule has 0 aliphatic carbocycles. The summed E-state index contributed by atoms with van der Waals surface area (Å²) in [6, 6.07) is 5.71. The molecule has 1 saturated heterocycles. The number of anilines is 1. The lowest BCUT2D eigenvalue weighted by Gasteiger charge is -2.34. The number of benzene rings is 1. The van der Waals surface area contributed by atoms with Gasteiger partial charge in [-0.05, 0) is 30.9 Å². The van der Waals surface area contributed by atoms with Crippen LogP contribution >= 0.6 is 11.6 Å². The van der Waals surface area contributed by atoms with Crippen molar-refractivity contribution in [2.24, 2.45) is 11.7 Å². The molecule has 1 atom stereocenters. The van der Waals surface area contributed by atoms with E-state index in [1.54, 1.807) is 6.07 Å². The molecule has 92 valence electrons. The van der Waals surface area contributed by atoms with Crippen molar-refractivity contribution in [3.63, 3.8) is 0 Å². The van der Waals surface area contributed by atoms with Crippen molar-refractivity contribution in [2.45, 2.75) is 19.8 Å². The number of hydrogen-bond acceptors (Lipinski definition) is 2. The van der Waals surface area contributed by atoms with Gasteiger partial charge in [-0.3, -0.25) is 5.41 Å². The number of nitrogens with zero attached hydrogens (tertiary/aromatic N) is 1. The van der Waals surface area contributed by atoms with Gasteiger partial charge in [-0.2, -0.15) is 0 Å². The minimum Gasteiger partial charge on any atom is -0.384 e. The Bertz CT molecular complexity index is 431. The molecular formula is C13H18ClN3. The first kappa shape index (κ1) is 12.2. The van der Waals surface area contributed by atoms with Crippen LogP contribution in [0.5, 0.6) is 0 Å². The van der Waals surface area contributed by atoms with Crippen LogP contribution < -0.4 is 10.6 Å². The van der Waals surface area contributed by atoms with Gasteiger partial charge >= 0.3 is 0 Å². The molecular weight excluding hydrogens is 234 g/mol. The van der Waals surface area contributed by atoms with E-state index in [1.807, 2.05) is 12.1 Å². The van der Waals surface area contributed by atoms with Gasteiger partial charge in [0.2, 0.25) is 0 Å². The maximum atomic E-state index is 7.65. The molecule has 2 rings (SSSR count). The SMILES string of the molecule is CC1CCCN(c2cccc(Cl)c2C(=N)N)C1. The molecule has 17 heavy (non-hydrogen) atoms. The monoisotopic (exact) mass is 251 g/mol. The van der Waals surface area contributed by atoms with E-state index in [9.17, 15) is 0 Å². The number of nitrogens with one attached hydrogen (secondary N) is 1. The molecule has 1 fully saturated rings. The van der Waals surface area contributed by atoms with Gasteiger partial charge in [0.1, 0.15) is 5.84 Å². The number of rotatable bonds is 2. The quantitative estimate of drug-likeness (QED) is 0.627. The van der Waals surface area contributed by atoms with E-state index >= 15 is 0 Å². The molecule has 1 heterocycles. The molecule has 0 saturated carbocycles. The summed E-state index contributed by atoms with van der Waals surface area (Å²) in [5.41, 5.74) is 7.30. The molecule has 1 aromatic carbocycles. The van der Waals surface area contributed by atoms with E-state index in [1.165, 1.54) is 12.8 Å². The summed E-state index contributed by atoms with van der Waals surface area (Å²) in [6.07, 6.45) is 2.46. The molecule has 3 nitrogen and oxygen atoms in total. The molecule has 1 aliphatic rings. The lowest BCUT2D eigenvalue weighted by Crippen LogP contribution is -2.35. The number of nitrogen functional groups attached to an aromatic ring is 1. The Labute approximate surface area is 107 Å². The minimum atomic E-state index is 0.0452. The van der Waals surface area contributed by atoms with E-state index < -0.39 is 0 Å². The normalized spacial score (nSPS) is 20.4. The van der Waals surface area contributed by atoms with Crippen molar-refractivity contribution < 1.29 is 0 Å². The minimum absolute atomic E-state index is 0.0452. The summed E-state index contributed by atoms with van der Waals surface area (Å²) in [6.45, 7) is 4.29. The molecule has 1 unspecified atom stereocenters. The Kier molecular flexibility index (Phi) is 3.57. The Morgan fingerprint density at radius 3 is 2.94 bits per heavy atom. The number of piperidine rings is 1. The first-order chi connectivity index (χ1) is 8.09. The second-order valence-electron chi connectivity index (χ2n) is 4.74. The molecule has 0 spiro atoms. The third-order valence-electron chi connectivity index (χ3n) is 3.26. The van der Waals surface area contributed by atoms with Gasteiger partial charge in [0, 0.05) is 18.8 Å². The van der Waals surface area contributed by atoms with Crippen molar-refractivity contribution in [3.05, 3.63) is 28.8 Å². The van der Waals surface area contributed by atoms with Crippen LogP contribution in [-0.4, -0.2) is 18.9 Å². The summed E-state index contributed by atoms with van der Waals surface area (Å²) in [5, 5.41) is 8.22. The fourth-order valence-corrected chi connectivity index (χ4v) is 2.72. The molecule has 0 amide bonds. The molecule has 3 N–H and O–H groups in total. The Morgan fingerprint density at radius 1 is 1.53 bits per heavy atom. The number of nitrogens with two attached hydrogens (primary N) is 1. The van der Waals surface area contributed by atoms with Crippen molar-refractivity contribution in [1.82, 2.24) is 0 Å². The third kappa shape index (κ3) is 2.55. The average Bonchev–Trinajstić information content (AvgIpc) is 2.28. The first-order valence-corrected chi connectivity index (χ1v) is 6.35. The van der Waals surface area contributed by atoms with E-state index in [0.29, 0.717) is 16.5 Å². The fraction of sp³-hybridized carbons (Fsp3) is 0.462. The number of hydrogen-bond donors (Lipinski definition) is 2. The van der Waals surface area contributed by atoms with Crippen molar-refractivity contribution in [1.29, 1.82) is 5.41 Å². The molecule has 4 heteroatoms. The van der Waals surface area contributed by atoms with Crippen molar-refractivity contribution in [3.8, 4) is 0 Å². The summed E-state index contributed by atoms with van der Waals surface area (Å²) < 4.78 is 0. The van der Waals surface area contributed by atoms with Gasteiger partial charge in [-0.25, -0.2) is 0 Å². The van der Waals surface area contributed by atoms with Gasteiger partial charge in [-0.1, -0.05) is 24.6 Å². The summed E-state index contributed by atoms with van der Waals surface area (Å²) in [5.74, 6) is 0.728. The smallest absolute Gasteiger partial charge is 0.126 e. The predicted molar refractivity (Wildman–Crippen MR) is 73.1 cm³/mol. The third-order valence-corrected chi connectivity index (χ3v) is 3.57. The maximum Gasteiger partial charge on any atom is 0.126 e. The molecule has 1 aliphatic heterocycles. The van der Waals surface area contributed by atoms with Gasteiger partial charge < -0.3 is 10.6 Å². The average molecular weight is 252 g/mol. The Morgan fingerprint density at radius 2 is 2.29 bits per heavy atom. The highest BCUT2D eigenvalue weighted by Crippen LogP contribution is 2.30. The van der Waals surface area contributed by atoms with Crippen LogP contribution in [0.1, 0.15) is 25.3 Å². The van der Waals surface area contributed by atoms with Crippen LogP contribution in [0.4, 0.5) is 5.69 Å². The van der Waals surface area contributed by atoms with Gasteiger partial charge in [-0.15, -0.1) is 0 Å². The largest absolute Gasteiger partial charge is 0.384 e. The van der Waals surface area contributed by atoms with E-state index in [2.05, 4.69) is 11.8 Å². The van der Waals surface area contributed by atoms with Crippen LogP contribution in [0, 0.1) is 11.3 Å². The van der Waals surface area contributed by atoms with E-state index in [4.69, 9.17) is 22.7 Å². The summed E-state index contributed by atoms with van der Waals surface area (Å²) in [7, 11) is 0. The summed E-state index contributed by atoms with van der Waals surface area (Å²) >= 11 is 6.13.